The van der Waals surface area contributed by atoms with Crippen molar-refractivity contribution in [1.82, 2.24) is 4.90 Å². The molecule has 0 aromatic heterocycles. The molecule has 0 unspecified atom stereocenters. The predicted octanol–water partition coefficient (Wildman–Crippen LogP) is 3.09. The Balaban J connectivity index is 0.00000256. The molecule has 4 heteroatoms. The van der Waals surface area contributed by atoms with Crippen LogP contribution in [0.1, 0.15) is 46.0 Å². The number of halogens is 1. The molecule has 0 aromatic rings. The molecular formula is C13H28IN3. The van der Waals surface area contributed by atoms with Crippen LogP contribution in [0.25, 0.3) is 0 Å². The maximum atomic E-state index is 5.86. The Bertz CT molecular complexity index is 243. The van der Waals surface area contributed by atoms with Gasteiger partial charge in [-0.15, -0.1) is 24.0 Å². The van der Waals surface area contributed by atoms with E-state index in [0.717, 1.165) is 12.5 Å². The van der Waals surface area contributed by atoms with Crippen molar-refractivity contribution in [3.05, 3.63) is 0 Å². The number of hydrogen-bond acceptors (Lipinski definition) is 1. The fourth-order valence-corrected chi connectivity index (χ4v) is 2.81. The van der Waals surface area contributed by atoms with E-state index in [4.69, 9.17) is 5.73 Å². The molecule has 1 fully saturated rings. The maximum absolute atomic E-state index is 5.86. The average Bonchev–Trinajstić information content (AvgIpc) is 2.62. The summed E-state index contributed by atoms with van der Waals surface area (Å²) in [6.45, 7) is 5.52. The molecule has 0 saturated heterocycles. The molecule has 1 rings (SSSR count). The van der Waals surface area contributed by atoms with E-state index in [1.807, 2.05) is 19.0 Å². The van der Waals surface area contributed by atoms with Crippen molar-refractivity contribution in [3.63, 3.8) is 0 Å². The van der Waals surface area contributed by atoms with Crippen LogP contribution >= 0.6 is 24.0 Å². The fourth-order valence-electron chi connectivity index (χ4n) is 2.81. The summed E-state index contributed by atoms with van der Waals surface area (Å²) in [6.07, 6.45) is 6.68. The van der Waals surface area contributed by atoms with Crippen molar-refractivity contribution < 1.29 is 0 Å². The summed E-state index contributed by atoms with van der Waals surface area (Å²) in [6, 6.07) is 0. The lowest BCUT2D eigenvalue weighted by molar-refractivity contribution is 0.244. The normalized spacial score (nSPS) is 19.2. The van der Waals surface area contributed by atoms with E-state index in [1.165, 1.54) is 32.1 Å². The molecule has 1 aliphatic rings. The first-order valence-corrected chi connectivity index (χ1v) is 6.42. The monoisotopic (exact) mass is 353 g/mol. The van der Waals surface area contributed by atoms with Crippen LogP contribution in [0.2, 0.25) is 0 Å². The second-order valence-corrected chi connectivity index (χ2v) is 5.87. The van der Waals surface area contributed by atoms with E-state index in [2.05, 4.69) is 18.8 Å². The highest BCUT2D eigenvalue weighted by Crippen LogP contribution is 2.43. The van der Waals surface area contributed by atoms with Crippen LogP contribution in [-0.2, 0) is 0 Å². The van der Waals surface area contributed by atoms with Gasteiger partial charge in [0.2, 0.25) is 0 Å². The van der Waals surface area contributed by atoms with E-state index < -0.39 is 0 Å². The Labute approximate surface area is 123 Å². The first-order chi connectivity index (χ1) is 7.45. The molecule has 102 valence electrons. The Morgan fingerprint density at radius 1 is 1.29 bits per heavy atom. The molecular weight excluding hydrogens is 325 g/mol. The largest absolute Gasteiger partial charge is 0.370 e. The zero-order valence-corrected chi connectivity index (χ0v) is 14.0. The van der Waals surface area contributed by atoms with Crippen molar-refractivity contribution in [1.29, 1.82) is 0 Å². The van der Waals surface area contributed by atoms with Crippen LogP contribution < -0.4 is 5.73 Å². The number of aliphatic imine (C=N–C) groups is 1. The van der Waals surface area contributed by atoms with Gasteiger partial charge in [0.1, 0.15) is 0 Å². The van der Waals surface area contributed by atoms with Crippen LogP contribution in [0.15, 0.2) is 4.99 Å². The van der Waals surface area contributed by atoms with Crippen LogP contribution in [0, 0.1) is 11.3 Å². The highest BCUT2D eigenvalue weighted by molar-refractivity contribution is 14.0. The van der Waals surface area contributed by atoms with Crippen LogP contribution in [-0.4, -0.2) is 31.5 Å². The fraction of sp³-hybridized carbons (Fsp3) is 0.923. The third-order valence-electron chi connectivity index (χ3n) is 3.54. The molecule has 2 N–H and O–H groups in total. The van der Waals surface area contributed by atoms with Gasteiger partial charge in [-0.1, -0.05) is 26.7 Å². The molecule has 0 radical (unpaired) electrons. The highest BCUT2D eigenvalue weighted by Gasteiger charge is 2.34. The summed E-state index contributed by atoms with van der Waals surface area (Å²) in [5.41, 5.74) is 6.30. The second-order valence-electron chi connectivity index (χ2n) is 5.87. The number of hydrogen-bond donors (Lipinski definition) is 1. The lowest BCUT2D eigenvalue weighted by atomic mass is 9.78. The number of nitrogens with zero attached hydrogens (tertiary/aromatic N) is 2. The lowest BCUT2D eigenvalue weighted by Crippen LogP contribution is -2.32. The van der Waals surface area contributed by atoms with Gasteiger partial charge in [-0.3, -0.25) is 4.99 Å². The van der Waals surface area contributed by atoms with Gasteiger partial charge in [0, 0.05) is 20.6 Å². The van der Waals surface area contributed by atoms with Crippen LogP contribution in [0.4, 0.5) is 0 Å². The highest BCUT2D eigenvalue weighted by atomic mass is 127. The van der Waals surface area contributed by atoms with Crippen LogP contribution in [0.3, 0.4) is 0 Å². The third kappa shape index (κ3) is 5.44. The van der Waals surface area contributed by atoms with E-state index in [0.29, 0.717) is 11.4 Å². The van der Waals surface area contributed by atoms with Gasteiger partial charge in [-0.2, -0.15) is 0 Å². The van der Waals surface area contributed by atoms with Crippen molar-refractivity contribution in [2.75, 3.05) is 20.6 Å². The summed E-state index contributed by atoms with van der Waals surface area (Å²) < 4.78 is 0. The van der Waals surface area contributed by atoms with Crippen LogP contribution in [0.5, 0.6) is 0 Å². The summed E-state index contributed by atoms with van der Waals surface area (Å²) in [5.74, 6) is 1.42. The quantitative estimate of drug-likeness (QED) is 0.479. The molecule has 0 spiro atoms. The summed E-state index contributed by atoms with van der Waals surface area (Å²) in [5, 5.41) is 0. The molecule has 0 aromatic carbocycles. The van der Waals surface area contributed by atoms with Crippen molar-refractivity contribution in [2.45, 2.75) is 46.0 Å². The van der Waals surface area contributed by atoms with Crippen molar-refractivity contribution in [3.8, 4) is 0 Å². The first kappa shape index (κ1) is 17.0. The van der Waals surface area contributed by atoms with Crippen molar-refractivity contribution in [2.24, 2.45) is 22.1 Å². The zero-order valence-electron chi connectivity index (χ0n) is 11.7. The maximum Gasteiger partial charge on any atom is 0.190 e. The van der Waals surface area contributed by atoms with E-state index in [-0.39, 0.29) is 24.0 Å². The summed E-state index contributed by atoms with van der Waals surface area (Å²) in [4.78, 5) is 6.44. The predicted molar refractivity (Wildman–Crippen MR) is 85.9 cm³/mol. The van der Waals surface area contributed by atoms with E-state index in [1.54, 1.807) is 0 Å². The Morgan fingerprint density at radius 3 is 2.24 bits per heavy atom. The Kier molecular flexibility index (Phi) is 7.44. The third-order valence-corrected chi connectivity index (χ3v) is 3.54. The Morgan fingerprint density at radius 2 is 1.82 bits per heavy atom. The molecule has 0 atom stereocenters. The van der Waals surface area contributed by atoms with Gasteiger partial charge in [0.15, 0.2) is 5.96 Å². The molecule has 1 saturated carbocycles. The van der Waals surface area contributed by atoms with Gasteiger partial charge in [-0.05, 0) is 30.6 Å². The molecule has 17 heavy (non-hydrogen) atoms. The van der Waals surface area contributed by atoms with E-state index in [9.17, 15) is 0 Å². The van der Waals surface area contributed by atoms with Crippen molar-refractivity contribution >= 4 is 29.9 Å². The Hall–Kier alpha value is 0. The molecule has 0 amide bonds. The molecule has 0 bridgehead atoms. The summed E-state index contributed by atoms with van der Waals surface area (Å²) >= 11 is 0. The lowest BCUT2D eigenvalue weighted by Gasteiger charge is -2.29. The second kappa shape index (κ2) is 7.44. The minimum atomic E-state index is 0. The SMILES string of the molecule is CC(C)CC1(CN=C(N)N(C)C)CCCC1.I. The smallest absolute Gasteiger partial charge is 0.190 e. The van der Waals surface area contributed by atoms with Gasteiger partial charge in [-0.25, -0.2) is 0 Å². The van der Waals surface area contributed by atoms with Gasteiger partial charge >= 0.3 is 0 Å². The topological polar surface area (TPSA) is 41.6 Å². The summed E-state index contributed by atoms with van der Waals surface area (Å²) in [7, 11) is 3.89. The van der Waals surface area contributed by atoms with Gasteiger partial charge in [0.05, 0.1) is 0 Å². The number of nitrogens with two attached hydrogens (primary N) is 1. The first-order valence-electron chi connectivity index (χ1n) is 6.42. The molecule has 1 aliphatic carbocycles. The minimum Gasteiger partial charge on any atom is -0.370 e. The standard InChI is InChI=1S/C13H27N3.HI/c1-11(2)9-13(7-5-6-8-13)10-15-12(14)16(3)4;/h11H,5-10H2,1-4H3,(H2,14,15);1H. The molecule has 0 heterocycles. The van der Waals surface area contributed by atoms with E-state index >= 15 is 0 Å². The number of guanidine groups is 1. The molecule has 0 aliphatic heterocycles. The zero-order chi connectivity index (χ0) is 12.2. The van der Waals surface area contributed by atoms with Gasteiger partial charge in [0.25, 0.3) is 0 Å². The van der Waals surface area contributed by atoms with Gasteiger partial charge < -0.3 is 10.6 Å². The minimum absolute atomic E-state index is 0. The molecule has 3 nitrogen and oxygen atoms in total. The average molecular weight is 353 g/mol. The number of rotatable bonds is 4.